The second-order valence-corrected chi connectivity index (χ2v) is 6.00. The third-order valence-corrected chi connectivity index (χ3v) is 3.85. The molecule has 1 aromatic carbocycles. The van der Waals surface area contributed by atoms with Gasteiger partial charge in [0.2, 0.25) is 5.78 Å². The second-order valence-electron chi connectivity index (χ2n) is 5.25. The van der Waals surface area contributed by atoms with Crippen molar-refractivity contribution >= 4 is 17.3 Å². The molecular formula is C15H18N2OS. The fourth-order valence-electron chi connectivity index (χ4n) is 1.88. The smallest absolute Gasteiger partial charge is 0.206 e. The van der Waals surface area contributed by atoms with Gasteiger partial charge in [0.05, 0.1) is 5.69 Å². The predicted molar refractivity (Wildman–Crippen MR) is 78.0 cm³/mol. The molecular weight excluding hydrogens is 256 g/mol. The van der Waals surface area contributed by atoms with Crippen molar-refractivity contribution in [1.29, 1.82) is 0 Å². The Labute approximate surface area is 117 Å². The summed E-state index contributed by atoms with van der Waals surface area (Å²) >= 11 is 1.18. The number of hydrogen-bond donors (Lipinski definition) is 0. The van der Waals surface area contributed by atoms with Crippen LogP contribution in [0, 0.1) is 0 Å². The summed E-state index contributed by atoms with van der Waals surface area (Å²) in [5.41, 5.74) is 2.74. The molecule has 0 aliphatic carbocycles. The maximum atomic E-state index is 12.4. The van der Waals surface area contributed by atoms with Crippen molar-refractivity contribution in [3.63, 3.8) is 0 Å². The van der Waals surface area contributed by atoms with Crippen molar-refractivity contribution < 1.29 is 4.79 Å². The van der Waals surface area contributed by atoms with Gasteiger partial charge in [-0.05, 0) is 28.9 Å². The highest BCUT2D eigenvalue weighted by molar-refractivity contribution is 7.08. The second kappa shape index (κ2) is 5.61. The van der Waals surface area contributed by atoms with Crippen LogP contribution in [0.3, 0.4) is 0 Å². The van der Waals surface area contributed by atoms with Crippen LogP contribution >= 0.6 is 11.5 Å². The van der Waals surface area contributed by atoms with Crippen LogP contribution < -0.4 is 0 Å². The molecule has 2 aromatic rings. The molecule has 4 heteroatoms. The van der Waals surface area contributed by atoms with E-state index in [4.69, 9.17) is 0 Å². The lowest BCUT2D eigenvalue weighted by Gasteiger charge is -2.07. The third-order valence-electron chi connectivity index (χ3n) is 3.11. The van der Waals surface area contributed by atoms with E-state index in [1.165, 1.54) is 17.1 Å². The third kappa shape index (κ3) is 2.89. The Balaban J connectivity index is 2.31. The zero-order valence-corrected chi connectivity index (χ0v) is 12.5. The maximum Gasteiger partial charge on any atom is 0.206 e. The first-order valence-corrected chi connectivity index (χ1v) is 7.25. The summed E-state index contributed by atoms with van der Waals surface area (Å²) in [6.07, 6.45) is 0. The van der Waals surface area contributed by atoms with Gasteiger partial charge in [-0.15, -0.1) is 5.10 Å². The lowest BCUT2D eigenvalue weighted by atomic mass is 9.99. The average molecular weight is 274 g/mol. The summed E-state index contributed by atoms with van der Waals surface area (Å²) in [4.78, 5) is 13.1. The molecule has 0 fully saturated rings. The maximum absolute atomic E-state index is 12.4. The Morgan fingerprint density at radius 3 is 2.21 bits per heavy atom. The zero-order valence-electron chi connectivity index (χ0n) is 11.7. The molecule has 0 radical (unpaired) electrons. The summed E-state index contributed by atoms with van der Waals surface area (Å²) in [7, 11) is 0. The molecule has 0 saturated heterocycles. The van der Waals surface area contributed by atoms with Gasteiger partial charge in [0.15, 0.2) is 0 Å². The van der Waals surface area contributed by atoms with Crippen LogP contribution in [0.25, 0.3) is 0 Å². The summed E-state index contributed by atoms with van der Waals surface area (Å²) in [6.45, 7) is 8.33. The number of aromatic nitrogens is 2. The highest BCUT2D eigenvalue weighted by Gasteiger charge is 2.19. The van der Waals surface area contributed by atoms with Gasteiger partial charge in [0, 0.05) is 5.56 Å². The number of hydrogen-bond acceptors (Lipinski definition) is 4. The van der Waals surface area contributed by atoms with Gasteiger partial charge >= 0.3 is 0 Å². The normalized spacial score (nSPS) is 11.3. The first kappa shape index (κ1) is 13.9. The van der Waals surface area contributed by atoms with Gasteiger partial charge in [0.25, 0.3) is 0 Å². The molecule has 19 heavy (non-hydrogen) atoms. The molecule has 0 aliphatic rings. The summed E-state index contributed by atoms with van der Waals surface area (Å²) in [5, 5.41) is 4.06. The monoisotopic (exact) mass is 274 g/mol. The molecule has 1 aromatic heterocycles. The minimum absolute atomic E-state index is 0.0222. The van der Waals surface area contributed by atoms with Gasteiger partial charge in [-0.3, -0.25) is 4.79 Å². The number of carbonyl (C=O) groups excluding carboxylic acids is 1. The van der Waals surface area contributed by atoms with Gasteiger partial charge in [-0.25, -0.2) is 0 Å². The number of benzene rings is 1. The molecule has 1 heterocycles. The predicted octanol–water partition coefficient (Wildman–Crippen LogP) is 4.02. The van der Waals surface area contributed by atoms with Crippen molar-refractivity contribution in [2.75, 3.05) is 0 Å². The summed E-state index contributed by atoms with van der Waals surface area (Å²) < 4.78 is 3.91. The molecule has 0 aliphatic heterocycles. The Morgan fingerprint density at radius 2 is 1.68 bits per heavy atom. The van der Waals surface area contributed by atoms with Gasteiger partial charge in [0.1, 0.15) is 4.88 Å². The van der Waals surface area contributed by atoms with Gasteiger partial charge in [-0.2, -0.15) is 0 Å². The molecule has 100 valence electrons. The van der Waals surface area contributed by atoms with Crippen LogP contribution in [-0.2, 0) is 0 Å². The molecule has 0 saturated carbocycles. The van der Waals surface area contributed by atoms with Crippen LogP contribution in [0.15, 0.2) is 24.3 Å². The van der Waals surface area contributed by atoms with Gasteiger partial charge in [-0.1, -0.05) is 56.4 Å². The van der Waals surface area contributed by atoms with E-state index < -0.39 is 0 Å². The Morgan fingerprint density at radius 1 is 1.05 bits per heavy atom. The Bertz CT molecular complexity index is 570. The standard InChI is InChI=1S/C15H18N2OS/c1-9(2)11-5-7-12(8-6-11)14(18)15-13(10(3)4)16-17-19-15/h5-10H,1-4H3. The van der Waals surface area contributed by atoms with E-state index in [0.29, 0.717) is 16.4 Å². The number of rotatable bonds is 4. The molecule has 0 atom stereocenters. The fourth-order valence-corrected chi connectivity index (χ4v) is 2.66. The largest absolute Gasteiger partial charge is 0.288 e. The number of carbonyl (C=O) groups is 1. The van der Waals surface area contributed by atoms with E-state index in [9.17, 15) is 4.79 Å². The van der Waals surface area contributed by atoms with Crippen molar-refractivity contribution in [2.24, 2.45) is 0 Å². The molecule has 3 nitrogen and oxygen atoms in total. The summed E-state index contributed by atoms with van der Waals surface area (Å²) in [5.74, 6) is 0.710. The quantitative estimate of drug-likeness (QED) is 0.791. The molecule has 0 spiro atoms. The van der Waals surface area contributed by atoms with Crippen LogP contribution in [0.1, 0.15) is 66.0 Å². The Hall–Kier alpha value is -1.55. The van der Waals surface area contributed by atoms with Gasteiger partial charge < -0.3 is 0 Å². The van der Waals surface area contributed by atoms with Crippen molar-refractivity contribution in [2.45, 2.75) is 39.5 Å². The fraction of sp³-hybridized carbons (Fsp3) is 0.400. The van der Waals surface area contributed by atoms with E-state index in [1.54, 1.807) is 0 Å². The van der Waals surface area contributed by atoms with E-state index in [0.717, 1.165) is 5.69 Å². The molecule has 0 amide bonds. The van der Waals surface area contributed by atoms with Crippen LogP contribution in [-0.4, -0.2) is 15.4 Å². The van der Waals surface area contributed by atoms with Crippen molar-refractivity contribution in [3.8, 4) is 0 Å². The van der Waals surface area contributed by atoms with E-state index >= 15 is 0 Å². The average Bonchev–Trinajstić information content (AvgIpc) is 2.87. The molecule has 0 bridgehead atoms. The number of nitrogens with zero attached hydrogens (tertiary/aromatic N) is 2. The SMILES string of the molecule is CC(C)c1ccc(C(=O)c2snnc2C(C)C)cc1. The molecule has 0 N–H and O–H groups in total. The summed E-state index contributed by atoms with van der Waals surface area (Å²) in [6, 6.07) is 7.81. The van der Waals surface area contributed by atoms with E-state index in [2.05, 4.69) is 23.4 Å². The first-order chi connectivity index (χ1) is 9.00. The van der Waals surface area contributed by atoms with Crippen molar-refractivity contribution in [1.82, 2.24) is 9.59 Å². The van der Waals surface area contributed by atoms with E-state index in [1.807, 2.05) is 38.1 Å². The Kier molecular flexibility index (Phi) is 4.10. The topological polar surface area (TPSA) is 42.9 Å². The lowest BCUT2D eigenvalue weighted by molar-refractivity contribution is 0.104. The van der Waals surface area contributed by atoms with Crippen LogP contribution in [0.4, 0.5) is 0 Å². The number of ketones is 1. The first-order valence-electron chi connectivity index (χ1n) is 6.47. The zero-order chi connectivity index (χ0) is 14.0. The van der Waals surface area contributed by atoms with Crippen molar-refractivity contribution in [3.05, 3.63) is 46.0 Å². The van der Waals surface area contributed by atoms with Crippen LogP contribution in [0.5, 0.6) is 0 Å². The lowest BCUT2D eigenvalue weighted by Crippen LogP contribution is -2.04. The van der Waals surface area contributed by atoms with E-state index in [-0.39, 0.29) is 11.7 Å². The minimum Gasteiger partial charge on any atom is -0.288 e. The van der Waals surface area contributed by atoms with Crippen LogP contribution in [0.2, 0.25) is 0 Å². The highest BCUT2D eigenvalue weighted by atomic mass is 32.1. The minimum atomic E-state index is 0.0222. The molecule has 2 rings (SSSR count). The molecule has 0 unspecified atom stereocenters. The highest BCUT2D eigenvalue weighted by Crippen LogP contribution is 2.23.